The quantitative estimate of drug-likeness (QED) is 0.881. The maximum absolute atomic E-state index is 12.0. The number of aromatic amines is 1. The number of H-pyrrole nitrogens is 1. The van der Waals surface area contributed by atoms with E-state index in [2.05, 4.69) is 15.3 Å². The van der Waals surface area contributed by atoms with Gasteiger partial charge in [-0.1, -0.05) is 30.3 Å². The minimum atomic E-state index is -0.396. The third-order valence-electron chi connectivity index (χ3n) is 2.99. The lowest BCUT2D eigenvalue weighted by molar-refractivity contribution is 0.0951. The zero-order chi connectivity index (χ0) is 14.5. The molecule has 0 aliphatic heterocycles. The summed E-state index contributed by atoms with van der Waals surface area (Å²) in [5.41, 5.74) is 1.28. The molecule has 1 heterocycles. The molecule has 20 heavy (non-hydrogen) atoms. The predicted octanol–water partition coefficient (Wildman–Crippen LogP) is 1.36. The van der Waals surface area contributed by atoms with Crippen LogP contribution in [-0.4, -0.2) is 22.4 Å². The van der Waals surface area contributed by atoms with Crippen LogP contribution in [0.4, 0.5) is 0 Å². The van der Waals surface area contributed by atoms with Crippen molar-refractivity contribution in [2.45, 2.75) is 20.3 Å². The van der Waals surface area contributed by atoms with E-state index >= 15 is 0 Å². The molecule has 0 aliphatic rings. The fourth-order valence-electron chi connectivity index (χ4n) is 2.05. The summed E-state index contributed by atoms with van der Waals surface area (Å²) in [7, 11) is 0. The molecule has 0 fully saturated rings. The lowest BCUT2D eigenvalue weighted by Crippen LogP contribution is -2.33. The van der Waals surface area contributed by atoms with Crippen molar-refractivity contribution < 1.29 is 4.79 Å². The molecule has 0 saturated heterocycles. The Morgan fingerprint density at radius 2 is 1.95 bits per heavy atom. The van der Waals surface area contributed by atoms with E-state index in [9.17, 15) is 9.59 Å². The minimum absolute atomic E-state index is 0.0867. The monoisotopic (exact) mass is 271 g/mol. The number of carbonyl (C=O) groups excluding carboxylic acids is 1. The summed E-state index contributed by atoms with van der Waals surface area (Å²) in [5.74, 6) is 0.125. The van der Waals surface area contributed by atoms with Crippen molar-refractivity contribution in [2.75, 3.05) is 6.54 Å². The van der Waals surface area contributed by atoms with E-state index in [4.69, 9.17) is 0 Å². The van der Waals surface area contributed by atoms with Crippen LogP contribution in [0.2, 0.25) is 0 Å². The lowest BCUT2D eigenvalue weighted by Gasteiger charge is -2.07. The Morgan fingerprint density at radius 1 is 1.25 bits per heavy atom. The van der Waals surface area contributed by atoms with Crippen LogP contribution in [0.25, 0.3) is 0 Å². The number of amides is 1. The van der Waals surface area contributed by atoms with E-state index in [1.807, 2.05) is 30.3 Å². The van der Waals surface area contributed by atoms with Crippen LogP contribution in [-0.2, 0) is 6.42 Å². The molecule has 0 saturated carbocycles. The third-order valence-corrected chi connectivity index (χ3v) is 2.99. The van der Waals surface area contributed by atoms with Crippen molar-refractivity contribution in [3.05, 3.63) is 63.3 Å². The molecular formula is C15H17N3O2. The SMILES string of the molecule is Cc1nc(C)c(C(=O)NCCc2ccccc2)c(=O)[nH]1. The first-order chi connectivity index (χ1) is 9.58. The van der Waals surface area contributed by atoms with Gasteiger partial charge in [0.25, 0.3) is 11.5 Å². The predicted molar refractivity (Wildman–Crippen MR) is 76.8 cm³/mol. The van der Waals surface area contributed by atoms with Crippen LogP contribution < -0.4 is 10.9 Å². The summed E-state index contributed by atoms with van der Waals surface area (Å²) in [6, 6.07) is 9.85. The highest BCUT2D eigenvalue weighted by Gasteiger charge is 2.14. The molecule has 5 heteroatoms. The Bertz CT molecular complexity index is 663. The Hall–Kier alpha value is -2.43. The van der Waals surface area contributed by atoms with Gasteiger partial charge in [-0.3, -0.25) is 9.59 Å². The van der Waals surface area contributed by atoms with Crippen LogP contribution in [0, 0.1) is 13.8 Å². The van der Waals surface area contributed by atoms with Crippen molar-refractivity contribution >= 4 is 5.91 Å². The number of hydrogen-bond donors (Lipinski definition) is 2. The molecule has 104 valence electrons. The highest BCUT2D eigenvalue weighted by molar-refractivity contribution is 5.94. The first-order valence-electron chi connectivity index (χ1n) is 6.47. The Labute approximate surface area is 117 Å². The summed E-state index contributed by atoms with van der Waals surface area (Å²) in [4.78, 5) is 30.4. The van der Waals surface area contributed by atoms with Gasteiger partial charge in [-0.25, -0.2) is 4.98 Å². The van der Waals surface area contributed by atoms with Gasteiger partial charge in [0.2, 0.25) is 0 Å². The van der Waals surface area contributed by atoms with Gasteiger partial charge in [0, 0.05) is 6.54 Å². The molecule has 0 bridgehead atoms. The molecule has 1 aromatic heterocycles. The molecule has 5 nitrogen and oxygen atoms in total. The molecule has 1 aromatic carbocycles. The largest absolute Gasteiger partial charge is 0.351 e. The van der Waals surface area contributed by atoms with Gasteiger partial charge in [0.15, 0.2) is 0 Å². The maximum Gasteiger partial charge on any atom is 0.264 e. The zero-order valence-corrected chi connectivity index (χ0v) is 11.6. The van der Waals surface area contributed by atoms with Gasteiger partial charge >= 0.3 is 0 Å². The Kier molecular flexibility index (Phi) is 4.30. The van der Waals surface area contributed by atoms with Gasteiger partial charge in [0.05, 0.1) is 5.69 Å². The number of aromatic nitrogens is 2. The van der Waals surface area contributed by atoms with Crippen LogP contribution in [0.1, 0.15) is 27.4 Å². The van der Waals surface area contributed by atoms with E-state index < -0.39 is 5.56 Å². The molecule has 2 N–H and O–H groups in total. The molecule has 0 aliphatic carbocycles. The number of nitrogens with one attached hydrogen (secondary N) is 2. The molecule has 1 amide bonds. The maximum atomic E-state index is 12.0. The second-order valence-electron chi connectivity index (χ2n) is 4.60. The first-order valence-corrected chi connectivity index (χ1v) is 6.47. The zero-order valence-electron chi connectivity index (χ0n) is 11.6. The summed E-state index contributed by atoms with van der Waals surface area (Å²) in [5, 5.41) is 2.75. The van der Waals surface area contributed by atoms with Crippen LogP contribution in [0.5, 0.6) is 0 Å². The normalized spacial score (nSPS) is 10.3. The average Bonchev–Trinajstić information content (AvgIpc) is 2.38. The molecule has 0 unspecified atom stereocenters. The molecular weight excluding hydrogens is 254 g/mol. The van der Waals surface area contributed by atoms with Gasteiger partial charge in [-0.15, -0.1) is 0 Å². The average molecular weight is 271 g/mol. The van der Waals surface area contributed by atoms with Crippen molar-refractivity contribution in [3.8, 4) is 0 Å². The summed E-state index contributed by atoms with van der Waals surface area (Å²) in [6.07, 6.45) is 0.725. The molecule has 2 aromatic rings. The van der Waals surface area contributed by atoms with E-state index in [0.29, 0.717) is 18.1 Å². The standard InChI is InChI=1S/C15H17N3O2/c1-10-13(15(20)18-11(2)17-10)14(19)16-9-8-12-6-4-3-5-7-12/h3-7H,8-9H2,1-2H3,(H,16,19)(H,17,18,20). The van der Waals surface area contributed by atoms with Gasteiger partial charge in [-0.2, -0.15) is 0 Å². The van der Waals surface area contributed by atoms with Gasteiger partial charge in [0.1, 0.15) is 11.4 Å². The van der Waals surface area contributed by atoms with Crippen LogP contribution in [0.15, 0.2) is 35.1 Å². The Morgan fingerprint density at radius 3 is 2.60 bits per heavy atom. The van der Waals surface area contributed by atoms with Crippen molar-refractivity contribution in [1.82, 2.24) is 15.3 Å². The molecule has 0 atom stereocenters. The third kappa shape index (κ3) is 3.32. The van der Waals surface area contributed by atoms with Crippen molar-refractivity contribution in [2.24, 2.45) is 0 Å². The van der Waals surface area contributed by atoms with E-state index in [0.717, 1.165) is 12.0 Å². The number of hydrogen-bond acceptors (Lipinski definition) is 3. The highest BCUT2D eigenvalue weighted by Crippen LogP contribution is 2.00. The van der Waals surface area contributed by atoms with E-state index in [-0.39, 0.29) is 11.5 Å². The van der Waals surface area contributed by atoms with Crippen molar-refractivity contribution in [3.63, 3.8) is 0 Å². The van der Waals surface area contributed by atoms with Crippen molar-refractivity contribution in [1.29, 1.82) is 0 Å². The number of nitrogens with zero attached hydrogens (tertiary/aromatic N) is 1. The second-order valence-corrected chi connectivity index (χ2v) is 4.60. The van der Waals surface area contributed by atoms with Crippen LogP contribution >= 0.6 is 0 Å². The fraction of sp³-hybridized carbons (Fsp3) is 0.267. The summed E-state index contributed by atoms with van der Waals surface area (Å²) >= 11 is 0. The number of rotatable bonds is 4. The minimum Gasteiger partial charge on any atom is -0.351 e. The molecule has 0 radical (unpaired) electrons. The molecule has 0 spiro atoms. The Balaban J connectivity index is 2.01. The van der Waals surface area contributed by atoms with E-state index in [1.165, 1.54) is 0 Å². The van der Waals surface area contributed by atoms with Gasteiger partial charge < -0.3 is 10.3 Å². The first kappa shape index (κ1) is 14.0. The number of carbonyl (C=O) groups is 1. The smallest absolute Gasteiger partial charge is 0.264 e. The fourth-order valence-corrected chi connectivity index (χ4v) is 2.05. The second kappa shape index (κ2) is 6.14. The van der Waals surface area contributed by atoms with Gasteiger partial charge in [-0.05, 0) is 25.8 Å². The lowest BCUT2D eigenvalue weighted by atomic mass is 10.1. The summed E-state index contributed by atoms with van der Waals surface area (Å²) < 4.78 is 0. The topological polar surface area (TPSA) is 74.8 Å². The summed E-state index contributed by atoms with van der Waals surface area (Å²) in [6.45, 7) is 3.83. The molecule has 2 rings (SSSR count). The number of benzene rings is 1. The van der Waals surface area contributed by atoms with Crippen LogP contribution in [0.3, 0.4) is 0 Å². The van der Waals surface area contributed by atoms with E-state index in [1.54, 1.807) is 13.8 Å². The number of aryl methyl sites for hydroxylation is 2. The highest BCUT2D eigenvalue weighted by atomic mass is 16.2.